The fourth-order valence-electron chi connectivity index (χ4n) is 2.67. The van der Waals surface area contributed by atoms with Gasteiger partial charge in [-0.3, -0.25) is 18.7 Å². The Morgan fingerprint density at radius 3 is 2.15 bits per heavy atom. The topological polar surface area (TPSA) is 73.1 Å². The summed E-state index contributed by atoms with van der Waals surface area (Å²) in [6, 6.07) is 18.5. The predicted molar refractivity (Wildman–Crippen MR) is 100.0 cm³/mol. The number of aromatic nitrogens is 2. The highest BCUT2D eigenvalue weighted by Gasteiger charge is 2.09. The zero-order valence-electron chi connectivity index (χ0n) is 14.6. The highest BCUT2D eigenvalue weighted by atomic mass is 16.2. The minimum atomic E-state index is -0.422. The summed E-state index contributed by atoms with van der Waals surface area (Å²) in [6.45, 7) is 0.0983. The smallest absolute Gasteiger partial charge is 0.330 e. The minimum absolute atomic E-state index is 0.0983. The van der Waals surface area contributed by atoms with Gasteiger partial charge in [0.1, 0.15) is 0 Å². The van der Waals surface area contributed by atoms with Gasteiger partial charge in [-0.15, -0.1) is 0 Å². The number of hydrogen-bond acceptors (Lipinski definition) is 3. The van der Waals surface area contributed by atoms with Crippen LogP contribution in [0, 0.1) is 0 Å². The molecule has 0 saturated heterocycles. The molecule has 0 aliphatic heterocycles. The second-order valence-electron chi connectivity index (χ2n) is 6.00. The molecule has 3 rings (SSSR count). The minimum Gasteiger partial charge on any atom is -0.346 e. The van der Waals surface area contributed by atoms with E-state index in [4.69, 9.17) is 0 Å². The van der Waals surface area contributed by atoms with Crippen molar-refractivity contribution in [3.8, 4) is 11.1 Å². The fraction of sp³-hybridized carbons (Fsp3) is 0.150. The van der Waals surface area contributed by atoms with E-state index in [2.05, 4.69) is 5.32 Å². The molecular formula is C20H19N3O3. The molecule has 0 fully saturated rings. The van der Waals surface area contributed by atoms with E-state index in [1.54, 1.807) is 19.2 Å². The van der Waals surface area contributed by atoms with Gasteiger partial charge >= 0.3 is 5.69 Å². The van der Waals surface area contributed by atoms with Crippen LogP contribution >= 0.6 is 0 Å². The molecule has 6 nitrogen and oxygen atoms in total. The number of rotatable bonds is 4. The summed E-state index contributed by atoms with van der Waals surface area (Å²) in [7, 11) is 2.99. The molecule has 6 heteroatoms. The van der Waals surface area contributed by atoms with Crippen LogP contribution in [0.15, 0.2) is 70.3 Å². The van der Waals surface area contributed by atoms with Gasteiger partial charge in [-0.25, -0.2) is 4.79 Å². The molecule has 0 unspecified atom stereocenters. The Bertz CT molecular complexity index is 1050. The summed E-state index contributed by atoms with van der Waals surface area (Å²) in [5.41, 5.74) is 2.25. The van der Waals surface area contributed by atoms with Gasteiger partial charge in [0.05, 0.1) is 6.54 Å². The number of carbonyl (C=O) groups is 1. The molecule has 2 aromatic carbocycles. The third kappa shape index (κ3) is 3.49. The number of nitrogens with one attached hydrogen (secondary N) is 1. The van der Waals surface area contributed by atoms with Crippen molar-refractivity contribution < 1.29 is 4.79 Å². The normalized spacial score (nSPS) is 10.5. The van der Waals surface area contributed by atoms with Crippen LogP contribution in [-0.2, 0) is 20.6 Å². The molecule has 1 amide bonds. The average molecular weight is 349 g/mol. The molecule has 1 aromatic heterocycles. The molecule has 0 aliphatic carbocycles. The lowest BCUT2D eigenvalue weighted by molar-refractivity contribution is 0.0950. The van der Waals surface area contributed by atoms with E-state index < -0.39 is 11.2 Å². The van der Waals surface area contributed by atoms with Gasteiger partial charge < -0.3 is 5.32 Å². The molecule has 0 bridgehead atoms. The first-order valence-electron chi connectivity index (χ1n) is 8.17. The maximum atomic E-state index is 12.3. The van der Waals surface area contributed by atoms with Crippen molar-refractivity contribution in [1.29, 1.82) is 0 Å². The Morgan fingerprint density at radius 1 is 0.885 bits per heavy atom. The summed E-state index contributed by atoms with van der Waals surface area (Å²) in [4.78, 5) is 36.0. The van der Waals surface area contributed by atoms with Crippen LogP contribution < -0.4 is 16.6 Å². The van der Waals surface area contributed by atoms with Crippen LogP contribution in [0.5, 0.6) is 0 Å². The third-order valence-electron chi connectivity index (χ3n) is 4.31. The summed E-state index contributed by atoms with van der Waals surface area (Å²) in [6.07, 6.45) is 0. The first-order chi connectivity index (χ1) is 12.5. The maximum absolute atomic E-state index is 12.3. The molecule has 1 N–H and O–H groups in total. The standard InChI is InChI=1S/C20H19N3O3/c1-22-17(12-18(24)23(2)20(22)26)13-21-19(25)16-10-8-15(9-11-16)14-6-4-3-5-7-14/h3-12H,13H2,1-2H3,(H,21,25). The second-order valence-corrected chi connectivity index (χ2v) is 6.00. The maximum Gasteiger partial charge on any atom is 0.330 e. The van der Waals surface area contributed by atoms with Crippen molar-refractivity contribution in [3.05, 3.63) is 92.8 Å². The molecule has 132 valence electrons. The van der Waals surface area contributed by atoms with Gasteiger partial charge in [0.2, 0.25) is 0 Å². The number of carbonyl (C=O) groups excluding carboxylic acids is 1. The number of benzene rings is 2. The molecule has 26 heavy (non-hydrogen) atoms. The van der Waals surface area contributed by atoms with E-state index >= 15 is 0 Å². The zero-order valence-corrected chi connectivity index (χ0v) is 14.6. The number of amides is 1. The summed E-state index contributed by atoms with van der Waals surface area (Å²) in [5.74, 6) is -0.266. The molecule has 0 atom stereocenters. The molecule has 1 heterocycles. The van der Waals surface area contributed by atoms with Crippen LogP contribution in [0.3, 0.4) is 0 Å². The quantitative estimate of drug-likeness (QED) is 0.779. The van der Waals surface area contributed by atoms with Crippen LogP contribution in [0.25, 0.3) is 11.1 Å². The zero-order chi connectivity index (χ0) is 18.7. The third-order valence-corrected chi connectivity index (χ3v) is 4.31. The highest BCUT2D eigenvalue weighted by molar-refractivity contribution is 5.94. The van der Waals surface area contributed by atoms with Crippen LogP contribution in [0.1, 0.15) is 16.1 Å². The lowest BCUT2D eigenvalue weighted by Gasteiger charge is -2.11. The Morgan fingerprint density at radius 2 is 1.50 bits per heavy atom. The Hall–Kier alpha value is -3.41. The van der Waals surface area contributed by atoms with Crippen molar-refractivity contribution in [2.24, 2.45) is 14.1 Å². The highest BCUT2D eigenvalue weighted by Crippen LogP contribution is 2.19. The SMILES string of the molecule is Cn1c(CNC(=O)c2ccc(-c3ccccc3)cc2)cc(=O)n(C)c1=O. The van der Waals surface area contributed by atoms with Gasteiger partial charge in [0, 0.05) is 31.4 Å². The molecule has 0 spiro atoms. The van der Waals surface area contributed by atoms with Gasteiger partial charge in [-0.2, -0.15) is 0 Å². The summed E-state index contributed by atoms with van der Waals surface area (Å²) < 4.78 is 2.37. The fourth-order valence-corrected chi connectivity index (χ4v) is 2.67. The number of nitrogens with zero attached hydrogens (tertiary/aromatic N) is 2. The van der Waals surface area contributed by atoms with E-state index in [0.29, 0.717) is 11.3 Å². The van der Waals surface area contributed by atoms with E-state index in [-0.39, 0.29) is 12.5 Å². The van der Waals surface area contributed by atoms with Crippen molar-refractivity contribution in [1.82, 2.24) is 14.5 Å². The lowest BCUT2D eigenvalue weighted by Crippen LogP contribution is -2.39. The van der Waals surface area contributed by atoms with E-state index in [9.17, 15) is 14.4 Å². The van der Waals surface area contributed by atoms with Crippen molar-refractivity contribution in [3.63, 3.8) is 0 Å². The van der Waals surface area contributed by atoms with Crippen LogP contribution in [0.2, 0.25) is 0 Å². The molecule has 0 radical (unpaired) electrons. The molecule has 3 aromatic rings. The van der Waals surface area contributed by atoms with Crippen molar-refractivity contribution >= 4 is 5.91 Å². The first kappa shape index (κ1) is 17.4. The van der Waals surface area contributed by atoms with Crippen molar-refractivity contribution in [2.45, 2.75) is 6.54 Å². The summed E-state index contributed by atoms with van der Waals surface area (Å²) in [5, 5.41) is 2.74. The Kier molecular flexibility index (Phi) is 4.84. The lowest BCUT2D eigenvalue weighted by atomic mass is 10.0. The largest absolute Gasteiger partial charge is 0.346 e. The average Bonchev–Trinajstić information content (AvgIpc) is 2.68. The van der Waals surface area contributed by atoms with E-state index in [1.807, 2.05) is 42.5 Å². The van der Waals surface area contributed by atoms with E-state index in [0.717, 1.165) is 15.7 Å². The Balaban J connectivity index is 1.73. The molecule has 0 aliphatic rings. The first-order valence-corrected chi connectivity index (χ1v) is 8.17. The predicted octanol–water partition coefficient (Wildman–Crippen LogP) is 1.68. The Labute approximate surface area is 150 Å². The van der Waals surface area contributed by atoms with Gasteiger partial charge in [-0.05, 0) is 23.3 Å². The van der Waals surface area contributed by atoms with Gasteiger partial charge in [-0.1, -0.05) is 42.5 Å². The van der Waals surface area contributed by atoms with E-state index in [1.165, 1.54) is 17.7 Å². The molecule has 0 saturated carbocycles. The summed E-state index contributed by atoms with van der Waals surface area (Å²) >= 11 is 0. The second kappa shape index (κ2) is 7.23. The van der Waals surface area contributed by atoms with Crippen LogP contribution in [-0.4, -0.2) is 15.0 Å². The van der Waals surface area contributed by atoms with Crippen molar-refractivity contribution in [2.75, 3.05) is 0 Å². The number of hydrogen-bond donors (Lipinski definition) is 1. The molecular weight excluding hydrogens is 330 g/mol. The van der Waals surface area contributed by atoms with Gasteiger partial charge in [0.25, 0.3) is 11.5 Å². The monoisotopic (exact) mass is 349 g/mol. The van der Waals surface area contributed by atoms with Gasteiger partial charge in [0.15, 0.2) is 0 Å². The van der Waals surface area contributed by atoms with Crippen LogP contribution in [0.4, 0.5) is 0 Å².